The average molecular weight is 433 g/mol. The normalized spacial score (nSPS) is 30.1. The highest BCUT2D eigenvalue weighted by Crippen LogP contribution is 2.46. The third-order valence-corrected chi connectivity index (χ3v) is 7.00. The lowest BCUT2D eigenvalue weighted by atomic mass is 9.64. The van der Waals surface area contributed by atoms with Crippen LogP contribution in [-0.4, -0.2) is 65.0 Å². The summed E-state index contributed by atoms with van der Waals surface area (Å²) >= 11 is 5.97. The number of hydrogen-bond acceptors (Lipinski definition) is 4. The molecular formula is C23H33ClN4O2. The van der Waals surface area contributed by atoms with Gasteiger partial charge in [0.25, 0.3) is 5.91 Å². The highest BCUT2D eigenvalue weighted by Gasteiger charge is 2.56. The summed E-state index contributed by atoms with van der Waals surface area (Å²) in [7, 11) is 0. The molecule has 1 aromatic carbocycles. The molecule has 30 heavy (non-hydrogen) atoms. The van der Waals surface area contributed by atoms with E-state index < -0.39 is 5.54 Å². The number of amides is 3. The van der Waals surface area contributed by atoms with E-state index in [2.05, 4.69) is 48.0 Å². The number of piperazine rings is 1. The third kappa shape index (κ3) is 4.51. The van der Waals surface area contributed by atoms with E-state index >= 15 is 0 Å². The van der Waals surface area contributed by atoms with E-state index in [1.807, 2.05) is 12.1 Å². The molecule has 1 saturated carbocycles. The Hall–Kier alpha value is -1.63. The number of carbonyl (C=O) groups is 2. The van der Waals surface area contributed by atoms with Crippen LogP contribution in [-0.2, 0) is 11.3 Å². The predicted molar refractivity (Wildman–Crippen MR) is 118 cm³/mol. The van der Waals surface area contributed by atoms with E-state index in [-0.39, 0.29) is 17.4 Å². The Kier molecular flexibility index (Phi) is 5.86. The molecule has 1 aliphatic carbocycles. The van der Waals surface area contributed by atoms with Crippen molar-refractivity contribution >= 4 is 23.5 Å². The van der Waals surface area contributed by atoms with Gasteiger partial charge in [-0.25, -0.2) is 9.69 Å². The van der Waals surface area contributed by atoms with Crippen molar-refractivity contribution in [3.05, 3.63) is 34.9 Å². The van der Waals surface area contributed by atoms with Gasteiger partial charge in [0.1, 0.15) is 5.54 Å². The zero-order valence-electron chi connectivity index (χ0n) is 18.3. The van der Waals surface area contributed by atoms with Gasteiger partial charge in [0.15, 0.2) is 0 Å². The van der Waals surface area contributed by atoms with E-state index in [1.165, 1.54) is 10.5 Å². The van der Waals surface area contributed by atoms with Crippen LogP contribution in [0, 0.1) is 11.3 Å². The van der Waals surface area contributed by atoms with E-state index in [9.17, 15) is 9.59 Å². The molecule has 6 nitrogen and oxygen atoms in total. The topological polar surface area (TPSA) is 55.9 Å². The van der Waals surface area contributed by atoms with Crippen LogP contribution in [0.2, 0.25) is 5.02 Å². The van der Waals surface area contributed by atoms with Gasteiger partial charge in [0.05, 0.1) is 6.67 Å². The maximum absolute atomic E-state index is 13.3. The molecule has 0 aromatic heterocycles. The summed E-state index contributed by atoms with van der Waals surface area (Å²) in [5.74, 6) is 0.394. The Bertz CT molecular complexity index is 804. The number of rotatable bonds is 4. The predicted octanol–water partition coefficient (Wildman–Crippen LogP) is 3.55. The quantitative estimate of drug-likeness (QED) is 0.739. The van der Waals surface area contributed by atoms with Crippen LogP contribution in [0.1, 0.15) is 45.6 Å². The van der Waals surface area contributed by atoms with E-state index in [0.29, 0.717) is 12.6 Å². The molecule has 2 unspecified atom stereocenters. The van der Waals surface area contributed by atoms with E-state index in [4.69, 9.17) is 11.6 Å². The van der Waals surface area contributed by atoms with Crippen LogP contribution >= 0.6 is 11.6 Å². The van der Waals surface area contributed by atoms with Crippen molar-refractivity contribution in [1.82, 2.24) is 20.0 Å². The lowest BCUT2D eigenvalue weighted by molar-refractivity contribution is -0.136. The van der Waals surface area contributed by atoms with Gasteiger partial charge in [-0.2, -0.15) is 0 Å². The first-order chi connectivity index (χ1) is 14.2. The maximum atomic E-state index is 13.3. The van der Waals surface area contributed by atoms with Crippen molar-refractivity contribution < 1.29 is 9.59 Å². The SMILES string of the molecule is CC1CC(C)(C)CC2(C1)NC(=O)N(CN1CCN(Cc3ccc(Cl)cc3)CC1)C2=O. The van der Waals surface area contributed by atoms with Crippen molar-refractivity contribution in [2.45, 2.75) is 52.1 Å². The summed E-state index contributed by atoms with van der Waals surface area (Å²) in [6.45, 7) is 11.4. The second-order valence-electron chi connectivity index (χ2n) is 10.3. The molecule has 4 rings (SSSR count). The molecule has 2 aliphatic heterocycles. The minimum Gasteiger partial charge on any atom is -0.323 e. The van der Waals surface area contributed by atoms with Gasteiger partial charge in [-0.05, 0) is 48.3 Å². The summed E-state index contributed by atoms with van der Waals surface area (Å²) in [6.07, 6.45) is 2.56. The first-order valence-electron chi connectivity index (χ1n) is 11.0. The second kappa shape index (κ2) is 8.13. The minimum absolute atomic E-state index is 0.0317. The highest BCUT2D eigenvalue weighted by molar-refractivity contribution is 6.30. The number of urea groups is 1. The lowest BCUT2D eigenvalue weighted by Crippen LogP contribution is -2.55. The van der Waals surface area contributed by atoms with Crippen molar-refractivity contribution in [3.8, 4) is 0 Å². The maximum Gasteiger partial charge on any atom is 0.326 e. The van der Waals surface area contributed by atoms with Crippen molar-refractivity contribution in [1.29, 1.82) is 0 Å². The van der Waals surface area contributed by atoms with Crippen LogP contribution in [0.25, 0.3) is 0 Å². The first kappa shape index (κ1) is 21.6. The molecule has 2 saturated heterocycles. The molecule has 164 valence electrons. The molecule has 1 N–H and O–H groups in total. The largest absolute Gasteiger partial charge is 0.326 e. The third-order valence-electron chi connectivity index (χ3n) is 6.75. The van der Waals surface area contributed by atoms with Gasteiger partial charge in [0.2, 0.25) is 0 Å². The van der Waals surface area contributed by atoms with Gasteiger partial charge in [-0.3, -0.25) is 14.6 Å². The van der Waals surface area contributed by atoms with Crippen LogP contribution in [0.15, 0.2) is 24.3 Å². The van der Waals surface area contributed by atoms with Crippen LogP contribution in [0.5, 0.6) is 0 Å². The van der Waals surface area contributed by atoms with Crippen molar-refractivity contribution in [2.24, 2.45) is 11.3 Å². The van der Waals surface area contributed by atoms with Gasteiger partial charge in [0, 0.05) is 37.7 Å². The molecule has 7 heteroatoms. The summed E-state index contributed by atoms with van der Waals surface area (Å²) in [5.41, 5.74) is 0.594. The number of nitrogens with one attached hydrogen (secondary N) is 1. The van der Waals surface area contributed by atoms with Gasteiger partial charge in [-0.15, -0.1) is 0 Å². The first-order valence-corrected chi connectivity index (χ1v) is 11.4. The average Bonchev–Trinajstić information content (AvgIpc) is 2.87. The molecule has 3 fully saturated rings. The molecule has 0 bridgehead atoms. The molecule has 2 heterocycles. The molecule has 2 atom stereocenters. The van der Waals surface area contributed by atoms with Gasteiger partial charge < -0.3 is 5.32 Å². The fourth-order valence-electron chi connectivity index (χ4n) is 5.77. The smallest absolute Gasteiger partial charge is 0.323 e. The molecule has 1 aromatic rings. The van der Waals surface area contributed by atoms with Crippen molar-refractivity contribution in [3.63, 3.8) is 0 Å². The summed E-state index contributed by atoms with van der Waals surface area (Å²) in [6, 6.07) is 7.75. The minimum atomic E-state index is -0.714. The summed E-state index contributed by atoms with van der Waals surface area (Å²) < 4.78 is 0. The molecular weight excluding hydrogens is 400 g/mol. The molecule has 3 aliphatic rings. The lowest BCUT2D eigenvalue weighted by Gasteiger charge is -2.44. The monoisotopic (exact) mass is 432 g/mol. The Balaban J connectivity index is 1.33. The summed E-state index contributed by atoms with van der Waals surface area (Å²) in [5, 5.41) is 3.84. The number of imide groups is 1. The number of nitrogens with zero attached hydrogens (tertiary/aromatic N) is 3. The molecule has 1 spiro atoms. The fraction of sp³-hybridized carbons (Fsp3) is 0.652. The van der Waals surface area contributed by atoms with Crippen LogP contribution in [0.4, 0.5) is 4.79 Å². The Labute approximate surface area is 184 Å². The van der Waals surface area contributed by atoms with Crippen molar-refractivity contribution in [2.75, 3.05) is 32.8 Å². The molecule has 0 radical (unpaired) electrons. The zero-order chi connectivity index (χ0) is 21.5. The van der Waals surface area contributed by atoms with E-state index in [0.717, 1.165) is 57.0 Å². The van der Waals surface area contributed by atoms with Crippen LogP contribution in [0.3, 0.4) is 0 Å². The Morgan fingerprint density at radius 1 is 1.03 bits per heavy atom. The number of carbonyl (C=O) groups excluding carboxylic acids is 2. The van der Waals surface area contributed by atoms with E-state index in [1.54, 1.807) is 0 Å². The van der Waals surface area contributed by atoms with Gasteiger partial charge in [-0.1, -0.05) is 44.5 Å². The standard InChI is InChI=1S/C23H33ClN4O2/c1-17-12-22(2,3)15-23(13-17)20(29)28(21(30)25-23)16-27-10-8-26(9-11-27)14-18-4-6-19(24)7-5-18/h4-7,17H,8-16H2,1-3H3,(H,25,30). The fourth-order valence-corrected chi connectivity index (χ4v) is 5.90. The zero-order valence-corrected chi connectivity index (χ0v) is 19.0. The summed E-state index contributed by atoms with van der Waals surface area (Å²) in [4.78, 5) is 32.1. The Morgan fingerprint density at radius 2 is 1.67 bits per heavy atom. The number of hydrogen-bond donors (Lipinski definition) is 1. The highest BCUT2D eigenvalue weighted by atomic mass is 35.5. The molecule has 3 amide bonds. The van der Waals surface area contributed by atoms with Crippen LogP contribution < -0.4 is 5.32 Å². The Morgan fingerprint density at radius 3 is 2.30 bits per heavy atom. The van der Waals surface area contributed by atoms with Gasteiger partial charge >= 0.3 is 6.03 Å². The number of benzene rings is 1. The second-order valence-corrected chi connectivity index (χ2v) is 10.7. The number of halogens is 1.